The van der Waals surface area contributed by atoms with Gasteiger partial charge >= 0.3 is 0 Å². The average molecular weight is 541 g/mol. The normalized spacial score (nSPS) is 11.1. The van der Waals surface area contributed by atoms with E-state index in [9.17, 15) is 13.2 Å². The van der Waals surface area contributed by atoms with Crippen molar-refractivity contribution in [2.75, 3.05) is 16.2 Å². The third kappa shape index (κ3) is 5.29. The van der Waals surface area contributed by atoms with Crippen LogP contribution in [0.3, 0.4) is 0 Å². The number of nitrogens with one attached hydrogen (secondary N) is 1. The monoisotopic (exact) mass is 540 g/mol. The summed E-state index contributed by atoms with van der Waals surface area (Å²) in [6, 6.07) is 20.1. The first-order valence-corrected chi connectivity index (χ1v) is 11.6. The van der Waals surface area contributed by atoms with Crippen LogP contribution in [0, 0.1) is 10.5 Å². The summed E-state index contributed by atoms with van der Waals surface area (Å²) in [4.78, 5) is 12.8. The minimum Gasteiger partial charge on any atom is -0.324 e. The molecule has 150 valence electrons. The molecule has 5 nitrogen and oxygen atoms in total. The molecule has 1 N–H and O–H groups in total. The molecule has 8 heteroatoms. The minimum atomic E-state index is -3.93. The first kappa shape index (κ1) is 21.6. The smallest absolute Gasteiger partial charge is 0.264 e. The molecule has 0 heterocycles. The fourth-order valence-electron chi connectivity index (χ4n) is 2.64. The van der Waals surface area contributed by atoms with E-state index in [0.717, 1.165) is 13.4 Å². The fraction of sp³-hybridized carbons (Fsp3) is 0.0952. The number of hydrogen-bond acceptors (Lipinski definition) is 3. The Kier molecular flexibility index (Phi) is 6.81. The van der Waals surface area contributed by atoms with E-state index in [0.29, 0.717) is 16.4 Å². The van der Waals surface area contributed by atoms with E-state index in [1.165, 1.54) is 12.1 Å². The van der Waals surface area contributed by atoms with E-state index < -0.39 is 15.9 Å². The molecule has 0 spiro atoms. The van der Waals surface area contributed by atoms with Crippen LogP contribution in [-0.2, 0) is 14.8 Å². The molecule has 29 heavy (non-hydrogen) atoms. The standard InChI is InChI=1S/C21H18ClIN2O3S/c1-15-7-10-17(13-20(15)22)24-21(26)14-25(18-11-8-16(23)9-12-18)29(27,28)19-5-3-2-4-6-19/h2-13H,14H2,1H3,(H,24,26). The van der Waals surface area contributed by atoms with Crippen molar-refractivity contribution in [3.05, 3.63) is 87.0 Å². The highest BCUT2D eigenvalue weighted by Gasteiger charge is 2.27. The summed E-state index contributed by atoms with van der Waals surface area (Å²) in [5.41, 5.74) is 1.80. The van der Waals surface area contributed by atoms with Crippen molar-refractivity contribution in [2.45, 2.75) is 11.8 Å². The third-order valence-corrected chi connectivity index (χ3v) is 7.10. The van der Waals surface area contributed by atoms with Crippen molar-refractivity contribution < 1.29 is 13.2 Å². The van der Waals surface area contributed by atoms with Crippen LogP contribution < -0.4 is 9.62 Å². The van der Waals surface area contributed by atoms with Crippen LogP contribution in [0.5, 0.6) is 0 Å². The molecule has 0 saturated heterocycles. The maximum Gasteiger partial charge on any atom is 0.264 e. The molecule has 3 rings (SSSR count). The summed E-state index contributed by atoms with van der Waals surface area (Å²) in [6.45, 7) is 1.49. The summed E-state index contributed by atoms with van der Waals surface area (Å²) in [7, 11) is -3.93. The van der Waals surface area contributed by atoms with Gasteiger partial charge in [0, 0.05) is 14.3 Å². The fourth-order valence-corrected chi connectivity index (χ4v) is 4.63. The summed E-state index contributed by atoms with van der Waals surface area (Å²) < 4.78 is 28.5. The van der Waals surface area contributed by atoms with Crippen LogP contribution in [0.2, 0.25) is 5.02 Å². The van der Waals surface area contributed by atoms with E-state index in [2.05, 4.69) is 27.9 Å². The van der Waals surface area contributed by atoms with E-state index in [1.54, 1.807) is 60.7 Å². The molecule has 0 aliphatic heterocycles. The number of halogens is 2. The average Bonchev–Trinajstić information content (AvgIpc) is 2.70. The number of carbonyl (C=O) groups is 1. The van der Waals surface area contributed by atoms with Gasteiger partial charge in [-0.2, -0.15) is 0 Å². The van der Waals surface area contributed by atoms with Crippen LogP contribution in [0.15, 0.2) is 77.7 Å². The second-order valence-electron chi connectivity index (χ2n) is 6.31. The molecule has 0 radical (unpaired) electrons. The Labute approximate surface area is 188 Å². The second-order valence-corrected chi connectivity index (χ2v) is 9.83. The minimum absolute atomic E-state index is 0.115. The van der Waals surface area contributed by atoms with Gasteiger partial charge in [-0.15, -0.1) is 0 Å². The summed E-state index contributed by atoms with van der Waals surface area (Å²) in [5, 5.41) is 3.24. The zero-order valence-corrected chi connectivity index (χ0v) is 19.2. The molecular weight excluding hydrogens is 523 g/mol. The van der Waals surface area contributed by atoms with Gasteiger partial charge in [-0.25, -0.2) is 8.42 Å². The number of benzene rings is 3. The van der Waals surface area contributed by atoms with Crippen LogP contribution in [-0.4, -0.2) is 20.9 Å². The van der Waals surface area contributed by atoms with Crippen molar-refractivity contribution in [1.82, 2.24) is 0 Å². The highest BCUT2D eigenvalue weighted by molar-refractivity contribution is 14.1. The van der Waals surface area contributed by atoms with Gasteiger partial charge in [-0.3, -0.25) is 9.10 Å². The molecule has 3 aromatic carbocycles. The third-order valence-electron chi connectivity index (χ3n) is 4.19. The van der Waals surface area contributed by atoms with E-state index >= 15 is 0 Å². The van der Waals surface area contributed by atoms with Crippen molar-refractivity contribution in [3.63, 3.8) is 0 Å². The molecule has 0 aliphatic rings. The molecule has 0 aliphatic carbocycles. The predicted octanol–water partition coefficient (Wildman–Crippen LogP) is 5.09. The summed E-state index contributed by atoms with van der Waals surface area (Å²) in [5.74, 6) is -0.469. The van der Waals surface area contributed by atoms with Crippen molar-refractivity contribution in [3.8, 4) is 0 Å². The zero-order valence-electron chi connectivity index (χ0n) is 15.5. The lowest BCUT2D eigenvalue weighted by molar-refractivity contribution is -0.114. The molecule has 0 unspecified atom stereocenters. The Morgan fingerprint density at radius 2 is 1.69 bits per heavy atom. The number of carbonyl (C=O) groups excluding carboxylic acids is 1. The first-order valence-electron chi connectivity index (χ1n) is 8.67. The van der Waals surface area contributed by atoms with Gasteiger partial charge in [0.1, 0.15) is 6.54 Å². The van der Waals surface area contributed by atoms with Crippen LogP contribution in [0.1, 0.15) is 5.56 Å². The SMILES string of the molecule is Cc1ccc(NC(=O)CN(c2ccc(I)cc2)S(=O)(=O)c2ccccc2)cc1Cl. The number of amides is 1. The predicted molar refractivity (Wildman–Crippen MR) is 125 cm³/mol. The Hall–Kier alpha value is -2.10. The van der Waals surface area contributed by atoms with Crippen LogP contribution >= 0.6 is 34.2 Å². The Bertz CT molecular complexity index is 1120. The van der Waals surface area contributed by atoms with Gasteiger partial charge in [-0.1, -0.05) is 35.9 Å². The highest BCUT2D eigenvalue weighted by atomic mass is 127. The number of sulfonamides is 1. The second kappa shape index (κ2) is 9.15. The lowest BCUT2D eigenvalue weighted by Crippen LogP contribution is -2.38. The highest BCUT2D eigenvalue weighted by Crippen LogP contribution is 2.25. The molecule has 1 amide bonds. The lowest BCUT2D eigenvalue weighted by Gasteiger charge is -2.24. The molecule has 0 bridgehead atoms. The van der Waals surface area contributed by atoms with Gasteiger partial charge in [0.15, 0.2) is 0 Å². The van der Waals surface area contributed by atoms with Gasteiger partial charge in [0.05, 0.1) is 10.6 Å². The van der Waals surface area contributed by atoms with E-state index in [-0.39, 0.29) is 11.4 Å². The topological polar surface area (TPSA) is 66.5 Å². The molecule has 3 aromatic rings. The Morgan fingerprint density at radius 3 is 2.31 bits per heavy atom. The Balaban J connectivity index is 1.92. The summed E-state index contributed by atoms with van der Waals surface area (Å²) >= 11 is 8.25. The first-order chi connectivity index (χ1) is 13.8. The Morgan fingerprint density at radius 1 is 1.03 bits per heavy atom. The van der Waals surface area contributed by atoms with Gasteiger partial charge in [-0.05, 0) is 83.6 Å². The molecule has 0 fully saturated rings. The molecule has 0 aromatic heterocycles. The van der Waals surface area contributed by atoms with Crippen LogP contribution in [0.25, 0.3) is 0 Å². The van der Waals surface area contributed by atoms with Gasteiger partial charge in [0.25, 0.3) is 10.0 Å². The van der Waals surface area contributed by atoms with Gasteiger partial charge in [0.2, 0.25) is 5.91 Å². The number of aryl methyl sites for hydroxylation is 1. The van der Waals surface area contributed by atoms with Crippen molar-refractivity contribution in [1.29, 1.82) is 0 Å². The molecule has 0 saturated carbocycles. The van der Waals surface area contributed by atoms with Crippen molar-refractivity contribution in [2.24, 2.45) is 0 Å². The van der Waals surface area contributed by atoms with Crippen molar-refractivity contribution >= 4 is 61.5 Å². The van der Waals surface area contributed by atoms with E-state index in [1.807, 2.05) is 6.92 Å². The maximum absolute atomic E-state index is 13.2. The number of anilines is 2. The number of rotatable bonds is 6. The van der Waals surface area contributed by atoms with Gasteiger partial charge < -0.3 is 5.32 Å². The summed E-state index contributed by atoms with van der Waals surface area (Å²) in [6.07, 6.45) is 0. The molecular formula is C21H18ClIN2O3S. The van der Waals surface area contributed by atoms with Crippen LogP contribution in [0.4, 0.5) is 11.4 Å². The lowest BCUT2D eigenvalue weighted by atomic mass is 10.2. The maximum atomic E-state index is 13.2. The zero-order chi connectivity index (χ0) is 21.0. The largest absolute Gasteiger partial charge is 0.324 e. The number of nitrogens with zero attached hydrogens (tertiary/aromatic N) is 1. The van der Waals surface area contributed by atoms with E-state index in [4.69, 9.17) is 11.6 Å². The molecule has 0 atom stereocenters. The quantitative estimate of drug-likeness (QED) is 0.443. The number of hydrogen-bond donors (Lipinski definition) is 1.